The maximum absolute atomic E-state index is 14.0. The fourth-order valence-corrected chi connectivity index (χ4v) is 7.22. The Morgan fingerprint density at radius 2 is 1.94 bits per heavy atom. The number of nitrogens with zero attached hydrogens (tertiary/aromatic N) is 2. The summed E-state index contributed by atoms with van der Waals surface area (Å²) in [5, 5.41) is 0.531. The number of carbonyl (C=O) groups is 1. The number of rotatable bonds is 6. The number of carbonyl (C=O) groups excluding carboxylic acids is 1. The quantitative estimate of drug-likeness (QED) is 0.356. The van der Waals surface area contributed by atoms with Gasteiger partial charge in [-0.25, -0.2) is 4.98 Å². The molecule has 3 heterocycles. The molecule has 0 radical (unpaired) electrons. The Labute approximate surface area is 222 Å². The van der Waals surface area contributed by atoms with Gasteiger partial charge in [-0.1, -0.05) is 15.9 Å². The Kier molecular flexibility index (Phi) is 6.95. The Morgan fingerprint density at radius 1 is 1.17 bits per heavy atom. The van der Waals surface area contributed by atoms with E-state index in [0.29, 0.717) is 74.2 Å². The molecule has 5 rings (SSSR count). The normalized spacial score (nSPS) is 19.7. The van der Waals surface area contributed by atoms with Gasteiger partial charge in [0.25, 0.3) is 5.56 Å². The first-order valence-corrected chi connectivity index (χ1v) is 13.8. The van der Waals surface area contributed by atoms with Gasteiger partial charge in [-0.3, -0.25) is 14.2 Å². The number of ketones is 1. The number of halogens is 2. The monoisotopic (exact) mass is 626 g/mol. The Bertz CT molecular complexity index is 1380. The summed E-state index contributed by atoms with van der Waals surface area (Å²) in [5.74, 6) is 1.77. The summed E-state index contributed by atoms with van der Waals surface area (Å²) in [6.45, 7) is 1.03. The number of hydrogen-bond acceptors (Lipinski definition) is 8. The smallest absolute Gasteiger partial charge is 0.262 e. The van der Waals surface area contributed by atoms with E-state index in [1.807, 2.05) is 0 Å². The van der Waals surface area contributed by atoms with E-state index in [2.05, 4.69) is 31.9 Å². The van der Waals surface area contributed by atoms with Crippen LogP contribution in [0.25, 0.3) is 21.6 Å². The van der Waals surface area contributed by atoms with Crippen molar-refractivity contribution in [3.63, 3.8) is 0 Å². The Morgan fingerprint density at radius 3 is 2.60 bits per heavy atom. The maximum Gasteiger partial charge on any atom is 0.262 e. The summed E-state index contributed by atoms with van der Waals surface area (Å²) in [5.41, 5.74) is 1.26. The highest BCUT2D eigenvalue weighted by atomic mass is 79.9. The van der Waals surface area contributed by atoms with Crippen LogP contribution < -0.4 is 19.8 Å². The molecule has 0 bridgehead atoms. The summed E-state index contributed by atoms with van der Waals surface area (Å²) in [6, 6.07) is 1.78. The predicted octanol–water partition coefficient (Wildman–Crippen LogP) is 4.98. The second-order valence-corrected chi connectivity index (χ2v) is 11.4. The van der Waals surface area contributed by atoms with Crippen molar-refractivity contribution < 1.29 is 23.7 Å². The van der Waals surface area contributed by atoms with Gasteiger partial charge in [0.2, 0.25) is 5.75 Å². The van der Waals surface area contributed by atoms with Crippen LogP contribution in [-0.4, -0.2) is 54.2 Å². The molecule has 8 nitrogen and oxygen atoms in total. The van der Waals surface area contributed by atoms with Crippen LogP contribution in [0.4, 0.5) is 0 Å². The van der Waals surface area contributed by atoms with E-state index < -0.39 is 0 Å². The first-order chi connectivity index (χ1) is 16.9. The van der Waals surface area contributed by atoms with Gasteiger partial charge in [0.15, 0.2) is 17.3 Å². The summed E-state index contributed by atoms with van der Waals surface area (Å²) in [7, 11) is 4.62. The number of thiophene rings is 1. The number of fused-ring (bicyclic) bond motifs is 3. The molecular weight excluding hydrogens is 604 g/mol. The highest BCUT2D eigenvalue weighted by Gasteiger charge is 2.33. The van der Waals surface area contributed by atoms with Gasteiger partial charge in [-0.15, -0.1) is 11.3 Å². The molecule has 2 aromatic heterocycles. The lowest BCUT2D eigenvalue weighted by molar-refractivity contribution is 0.0963. The van der Waals surface area contributed by atoms with E-state index in [0.717, 1.165) is 18.4 Å². The molecule has 1 aliphatic heterocycles. The lowest BCUT2D eigenvalue weighted by Crippen LogP contribution is -2.29. The molecule has 2 aliphatic rings. The molecule has 1 aromatic carbocycles. The first kappa shape index (κ1) is 24.7. The van der Waals surface area contributed by atoms with Gasteiger partial charge in [-0.2, -0.15) is 0 Å². The van der Waals surface area contributed by atoms with E-state index in [1.54, 1.807) is 17.7 Å². The van der Waals surface area contributed by atoms with E-state index in [9.17, 15) is 9.59 Å². The van der Waals surface area contributed by atoms with Gasteiger partial charge in [0.05, 0.1) is 53.5 Å². The van der Waals surface area contributed by atoms with Crippen LogP contribution in [0.2, 0.25) is 0 Å². The summed E-state index contributed by atoms with van der Waals surface area (Å²) in [4.78, 5) is 32.8. The minimum absolute atomic E-state index is 0.00911. The number of Topliss-reactive ketones (excluding diaryl/α,β-unsaturated/α-hetero) is 1. The molecule has 1 saturated heterocycles. The number of aromatic nitrogens is 2. The lowest BCUT2D eigenvalue weighted by Gasteiger charge is -2.20. The molecule has 0 saturated carbocycles. The third kappa shape index (κ3) is 4.10. The van der Waals surface area contributed by atoms with E-state index in [1.165, 1.54) is 25.6 Å². The van der Waals surface area contributed by atoms with Crippen molar-refractivity contribution in [2.75, 3.05) is 27.9 Å². The molecule has 1 aliphatic carbocycles. The van der Waals surface area contributed by atoms with Gasteiger partial charge in [0, 0.05) is 12.2 Å². The average Bonchev–Trinajstić information content (AvgIpc) is 3.51. The number of benzene rings is 1. The van der Waals surface area contributed by atoms with Crippen LogP contribution in [0, 0.1) is 0 Å². The van der Waals surface area contributed by atoms with Crippen LogP contribution >= 0.6 is 43.2 Å². The van der Waals surface area contributed by atoms with Crippen molar-refractivity contribution in [1.82, 2.24) is 9.55 Å². The molecule has 3 aromatic rings. The van der Waals surface area contributed by atoms with Crippen LogP contribution in [0.1, 0.15) is 34.5 Å². The second kappa shape index (κ2) is 9.84. The number of methoxy groups -OCH3 is 3. The molecule has 2 atom stereocenters. The second-order valence-electron chi connectivity index (χ2n) is 8.45. The van der Waals surface area contributed by atoms with Gasteiger partial charge in [0.1, 0.15) is 10.7 Å². The van der Waals surface area contributed by atoms with Crippen molar-refractivity contribution in [2.24, 2.45) is 0 Å². The van der Waals surface area contributed by atoms with Crippen LogP contribution in [0.3, 0.4) is 0 Å². The summed E-state index contributed by atoms with van der Waals surface area (Å²) < 4.78 is 24.8. The van der Waals surface area contributed by atoms with Gasteiger partial charge >= 0.3 is 0 Å². The van der Waals surface area contributed by atoms with Gasteiger partial charge in [-0.05, 0) is 53.2 Å². The van der Waals surface area contributed by atoms with Gasteiger partial charge < -0.3 is 18.9 Å². The summed E-state index contributed by atoms with van der Waals surface area (Å²) in [6.07, 6.45) is 3.04. The average molecular weight is 628 g/mol. The largest absolute Gasteiger partial charge is 0.493 e. The van der Waals surface area contributed by atoms with Crippen LogP contribution in [0.5, 0.6) is 17.2 Å². The molecular formula is C24H24Br2N2O6S. The third-order valence-corrected chi connectivity index (χ3v) is 9.29. The standard InChI is InChI=1S/C24H24Br2N2O6S/c1-31-15-9-13(17(26)20(33-3)19(15)32-2)22-27-23-16(12-6-7-14(25)18(29)21(12)35-23)24(30)28(22)10-11-5-4-8-34-11/h9,11,14H,4-8,10H2,1-3H3. The van der Waals surface area contributed by atoms with E-state index >= 15 is 0 Å². The van der Waals surface area contributed by atoms with Crippen molar-refractivity contribution in [1.29, 1.82) is 0 Å². The zero-order chi connectivity index (χ0) is 24.9. The molecule has 1 fully saturated rings. The summed E-state index contributed by atoms with van der Waals surface area (Å²) >= 11 is 8.39. The number of hydrogen-bond donors (Lipinski definition) is 0. The van der Waals surface area contributed by atoms with Crippen molar-refractivity contribution in [3.8, 4) is 28.6 Å². The Hall–Kier alpha value is -1.95. The number of ether oxygens (including phenoxy) is 4. The van der Waals surface area contributed by atoms with Crippen molar-refractivity contribution in [2.45, 2.75) is 43.2 Å². The highest BCUT2D eigenvalue weighted by molar-refractivity contribution is 9.10. The SMILES string of the molecule is COc1cc(-c2nc3sc4c(c3c(=O)n2CC2CCCO2)CCC(Br)C4=O)c(Br)c(OC)c1OC. The van der Waals surface area contributed by atoms with E-state index in [-0.39, 0.29) is 22.3 Å². The Balaban J connectivity index is 1.81. The molecule has 35 heavy (non-hydrogen) atoms. The molecule has 11 heteroatoms. The minimum atomic E-state index is -0.235. The third-order valence-electron chi connectivity index (χ3n) is 6.49. The molecule has 0 N–H and O–H groups in total. The van der Waals surface area contributed by atoms with Crippen LogP contribution in [-0.2, 0) is 17.7 Å². The number of alkyl halides is 1. The highest BCUT2D eigenvalue weighted by Crippen LogP contribution is 2.48. The van der Waals surface area contributed by atoms with Crippen LogP contribution in [0.15, 0.2) is 15.3 Å². The van der Waals surface area contributed by atoms with E-state index in [4.69, 9.17) is 23.9 Å². The zero-order valence-corrected chi connectivity index (χ0v) is 23.5. The maximum atomic E-state index is 14.0. The molecule has 186 valence electrons. The van der Waals surface area contributed by atoms with Crippen molar-refractivity contribution >= 4 is 59.2 Å². The first-order valence-electron chi connectivity index (χ1n) is 11.2. The zero-order valence-electron chi connectivity index (χ0n) is 19.5. The number of aryl methyl sites for hydroxylation is 1. The molecule has 0 amide bonds. The lowest BCUT2D eigenvalue weighted by atomic mass is 9.96. The predicted molar refractivity (Wildman–Crippen MR) is 141 cm³/mol. The fraction of sp³-hybridized carbons (Fsp3) is 0.458. The topological polar surface area (TPSA) is 88.9 Å². The molecule has 2 unspecified atom stereocenters. The van der Waals surface area contributed by atoms with Crippen molar-refractivity contribution in [3.05, 3.63) is 31.3 Å². The fourth-order valence-electron chi connectivity index (χ4n) is 4.77. The minimum Gasteiger partial charge on any atom is -0.493 e. The molecule has 0 spiro atoms.